The van der Waals surface area contributed by atoms with Gasteiger partial charge in [-0.15, -0.1) is 0 Å². The summed E-state index contributed by atoms with van der Waals surface area (Å²) in [4.78, 5) is 14.5. The third-order valence-electron chi connectivity index (χ3n) is 4.61. The standard InChI is InChI=1S/C19H17ClN2O4S/c20-15-5-7-16(8-6-15)27(24,25)22-11-9-21(10-12-22)19(23)18-13-14-3-1-2-4-17(14)26-18/h1-8,13H,9-12H2. The number of para-hydroxylation sites is 1. The molecule has 1 aliphatic rings. The molecule has 4 rings (SSSR count). The van der Waals surface area contributed by atoms with Crippen LogP contribution in [0.2, 0.25) is 5.02 Å². The molecule has 0 saturated carbocycles. The summed E-state index contributed by atoms with van der Waals surface area (Å²) in [5.41, 5.74) is 0.657. The quantitative estimate of drug-likeness (QED) is 0.672. The molecular formula is C19H17ClN2O4S. The van der Waals surface area contributed by atoms with Crippen LogP contribution in [0.3, 0.4) is 0 Å². The highest BCUT2D eigenvalue weighted by Gasteiger charge is 2.31. The van der Waals surface area contributed by atoms with E-state index in [1.54, 1.807) is 23.1 Å². The lowest BCUT2D eigenvalue weighted by Gasteiger charge is -2.33. The number of rotatable bonds is 3. The number of carbonyl (C=O) groups is 1. The molecule has 3 aromatic rings. The van der Waals surface area contributed by atoms with Crippen molar-refractivity contribution in [2.24, 2.45) is 0 Å². The van der Waals surface area contributed by atoms with Crippen molar-refractivity contribution in [2.75, 3.05) is 26.2 Å². The fraction of sp³-hybridized carbons (Fsp3) is 0.211. The number of carbonyl (C=O) groups excluding carboxylic acids is 1. The first-order valence-electron chi connectivity index (χ1n) is 8.49. The average Bonchev–Trinajstić information content (AvgIpc) is 3.12. The Balaban J connectivity index is 1.46. The maximum Gasteiger partial charge on any atom is 0.289 e. The molecule has 0 aliphatic carbocycles. The summed E-state index contributed by atoms with van der Waals surface area (Å²) in [6, 6.07) is 15.2. The van der Waals surface area contributed by atoms with Crippen LogP contribution in [-0.2, 0) is 10.0 Å². The Morgan fingerprint density at radius 1 is 0.963 bits per heavy atom. The Labute approximate surface area is 162 Å². The Morgan fingerprint density at radius 3 is 2.30 bits per heavy atom. The molecular weight excluding hydrogens is 388 g/mol. The van der Waals surface area contributed by atoms with E-state index in [-0.39, 0.29) is 29.7 Å². The maximum absolute atomic E-state index is 12.7. The van der Waals surface area contributed by atoms with Gasteiger partial charge in [0, 0.05) is 36.6 Å². The molecule has 6 nitrogen and oxygen atoms in total. The predicted octanol–water partition coefficient (Wildman–Crippen LogP) is 3.23. The van der Waals surface area contributed by atoms with Crippen LogP contribution in [0.1, 0.15) is 10.6 Å². The number of benzene rings is 2. The zero-order valence-electron chi connectivity index (χ0n) is 14.3. The first-order valence-corrected chi connectivity index (χ1v) is 10.3. The number of halogens is 1. The molecule has 8 heteroatoms. The summed E-state index contributed by atoms with van der Waals surface area (Å²) in [6.07, 6.45) is 0. The number of sulfonamides is 1. The number of piperazine rings is 1. The van der Waals surface area contributed by atoms with Crippen LogP contribution in [0.25, 0.3) is 11.0 Å². The fourth-order valence-corrected chi connectivity index (χ4v) is 4.68. The van der Waals surface area contributed by atoms with Crippen molar-refractivity contribution in [3.05, 3.63) is 65.4 Å². The second-order valence-electron chi connectivity index (χ2n) is 6.30. The summed E-state index contributed by atoms with van der Waals surface area (Å²) in [6.45, 7) is 1.08. The van der Waals surface area contributed by atoms with Gasteiger partial charge in [-0.2, -0.15) is 4.31 Å². The van der Waals surface area contributed by atoms with Gasteiger partial charge in [-0.25, -0.2) is 8.42 Å². The van der Waals surface area contributed by atoms with Gasteiger partial charge in [0.1, 0.15) is 5.58 Å². The van der Waals surface area contributed by atoms with Crippen LogP contribution in [0, 0.1) is 0 Å². The van der Waals surface area contributed by atoms with Gasteiger partial charge in [0.05, 0.1) is 4.90 Å². The van der Waals surface area contributed by atoms with Crippen molar-refractivity contribution in [3.63, 3.8) is 0 Å². The topological polar surface area (TPSA) is 70.8 Å². The Morgan fingerprint density at radius 2 is 1.63 bits per heavy atom. The zero-order valence-corrected chi connectivity index (χ0v) is 15.9. The Hall–Kier alpha value is -2.35. The van der Waals surface area contributed by atoms with Crippen LogP contribution < -0.4 is 0 Å². The molecule has 1 aromatic heterocycles. The summed E-state index contributed by atoms with van der Waals surface area (Å²) in [5.74, 6) is 0.0416. The van der Waals surface area contributed by atoms with Gasteiger partial charge in [-0.05, 0) is 36.4 Å². The van der Waals surface area contributed by atoms with Crippen LogP contribution in [0.5, 0.6) is 0 Å². The molecule has 1 fully saturated rings. The third-order valence-corrected chi connectivity index (χ3v) is 6.78. The lowest BCUT2D eigenvalue weighted by atomic mass is 10.2. The smallest absolute Gasteiger partial charge is 0.289 e. The van der Waals surface area contributed by atoms with Crippen molar-refractivity contribution in [1.82, 2.24) is 9.21 Å². The van der Waals surface area contributed by atoms with E-state index in [0.29, 0.717) is 23.7 Å². The largest absolute Gasteiger partial charge is 0.451 e. The van der Waals surface area contributed by atoms with E-state index >= 15 is 0 Å². The number of fused-ring (bicyclic) bond motifs is 1. The molecule has 0 N–H and O–H groups in total. The van der Waals surface area contributed by atoms with E-state index in [2.05, 4.69) is 0 Å². The van der Waals surface area contributed by atoms with E-state index in [4.69, 9.17) is 16.0 Å². The van der Waals surface area contributed by atoms with Crippen LogP contribution in [-0.4, -0.2) is 49.7 Å². The van der Waals surface area contributed by atoms with Gasteiger partial charge in [-0.1, -0.05) is 29.8 Å². The minimum atomic E-state index is -3.60. The normalized spacial score (nSPS) is 16.0. The minimum Gasteiger partial charge on any atom is -0.451 e. The molecule has 1 saturated heterocycles. The first-order chi connectivity index (χ1) is 12.9. The Kier molecular flexibility index (Phi) is 4.67. The van der Waals surface area contributed by atoms with Gasteiger partial charge in [0.25, 0.3) is 5.91 Å². The molecule has 2 heterocycles. The second kappa shape index (κ2) is 6.99. The molecule has 0 unspecified atom stereocenters. The molecule has 1 amide bonds. The molecule has 0 atom stereocenters. The average molecular weight is 405 g/mol. The van der Waals surface area contributed by atoms with Crippen LogP contribution in [0.4, 0.5) is 0 Å². The number of furan rings is 1. The molecule has 2 aromatic carbocycles. The molecule has 0 bridgehead atoms. The van der Waals surface area contributed by atoms with E-state index in [1.165, 1.54) is 16.4 Å². The molecule has 0 radical (unpaired) electrons. The summed E-state index contributed by atoms with van der Waals surface area (Å²) in [5, 5.41) is 1.35. The Bertz CT molecular complexity index is 1050. The third kappa shape index (κ3) is 3.45. The highest BCUT2D eigenvalue weighted by Crippen LogP contribution is 2.23. The van der Waals surface area contributed by atoms with Crippen molar-refractivity contribution in [1.29, 1.82) is 0 Å². The zero-order chi connectivity index (χ0) is 19.0. The maximum atomic E-state index is 12.7. The number of nitrogens with zero attached hydrogens (tertiary/aromatic N) is 2. The minimum absolute atomic E-state index is 0.198. The van der Waals surface area contributed by atoms with Gasteiger partial charge < -0.3 is 9.32 Å². The van der Waals surface area contributed by atoms with Gasteiger partial charge in [-0.3, -0.25) is 4.79 Å². The molecule has 140 valence electrons. The van der Waals surface area contributed by atoms with E-state index in [0.717, 1.165) is 5.39 Å². The molecule has 27 heavy (non-hydrogen) atoms. The summed E-state index contributed by atoms with van der Waals surface area (Å²) >= 11 is 5.83. The van der Waals surface area contributed by atoms with Crippen LogP contribution in [0.15, 0.2) is 63.9 Å². The van der Waals surface area contributed by atoms with Crippen LogP contribution >= 0.6 is 11.6 Å². The number of hydrogen-bond acceptors (Lipinski definition) is 4. The highest BCUT2D eigenvalue weighted by atomic mass is 35.5. The highest BCUT2D eigenvalue weighted by molar-refractivity contribution is 7.89. The van der Waals surface area contributed by atoms with E-state index in [9.17, 15) is 13.2 Å². The number of amides is 1. The second-order valence-corrected chi connectivity index (χ2v) is 8.67. The first kappa shape index (κ1) is 18.0. The van der Waals surface area contributed by atoms with Crippen molar-refractivity contribution in [3.8, 4) is 0 Å². The SMILES string of the molecule is O=C(c1cc2ccccc2o1)N1CCN(S(=O)(=O)c2ccc(Cl)cc2)CC1. The predicted molar refractivity (Wildman–Crippen MR) is 102 cm³/mol. The lowest BCUT2D eigenvalue weighted by Crippen LogP contribution is -2.50. The van der Waals surface area contributed by atoms with Gasteiger partial charge in [0.15, 0.2) is 5.76 Å². The lowest BCUT2D eigenvalue weighted by molar-refractivity contribution is 0.0668. The molecule has 1 aliphatic heterocycles. The van der Waals surface area contributed by atoms with Crippen molar-refractivity contribution >= 4 is 38.5 Å². The fourth-order valence-electron chi connectivity index (χ4n) is 3.13. The number of hydrogen-bond donors (Lipinski definition) is 0. The van der Waals surface area contributed by atoms with Crippen molar-refractivity contribution < 1.29 is 17.6 Å². The van der Waals surface area contributed by atoms with Crippen molar-refractivity contribution in [2.45, 2.75) is 4.90 Å². The monoisotopic (exact) mass is 404 g/mol. The molecule has 0 spiro atoms. The van der Waals surface area contributed by atoms with E-state index in [1.807, 2.05) is 24.3 Å². The van der Waals surface area contributed by atoms with Gasteiger partial charge >= 0.3 is 0 Å². The van der Waals surface area contributed by atoms with E-state index < -0.39 is 10.0 Å². The summed E-state index contributed by atoms with van der Waals surface area (Å²) in [7, 11) is -3.60. The van der Waals surface area contributed by atoms with Gasteiger partial charge in [0.2, 0.25) is 10.0 Å². The summed E-state index contributed by atoms with van der Waals surface area (Å²) < 4.78 is 32.5.